The van der Waals surface area contributed by atoms with Crippen LogP contribution in [0.2, 0.25) is 0 Å². The van der Waals surface area contributed by atoms with Crippen LogP contribution in [-0.4, -0.2) is 24.3 Å². The van der Waals surface area contributed by atoms with Crippen LogP contribution in [0.4, 0.5) is 8.78 Å². The number of aromatic nitrogens is 2. The van der Waals surface area contributed by atoms with Crippen molar-refractivity contribution < 1.29 is 22.0 Å². The molecule has 1 aliphatic rings. The lowest BCUT2D eigenvalue weighted by Gasteiger charge is -2.06. The Bertz CT molecular complexity index is 839. The topological polar surface area (TPSA) is 89.0 Å². The zero-order chi connectivity index (χ0) is 16.6. The van der Waals surface area contributed by atoms with E-state index in [1.165, 1.54) is 18.5 Å². The van der Waals surface area contributed by atoms with E-state index >= 15 is 0 Å². The minimum atomic E-state index is -4.15. The second kappa shape index (κ2) is 5.65. The Hall–Kier alpha value is -2.42. The molecule has 3 rings (SSSR count). The number of nitrogens with one attached hydrogen (secondary N) is 1. The van der Waals surface area contributed by atoms with Gasteiger partial charge >= 0.3 is 0 Å². The van der Waals surface area contributed by atoms with Gasteiger partial charge in [0.25, 0.3) is 10.0 Å². The molecule has 1 aromatic heterocycles. The zero-order valence-electron chi connectivity index (χ0n) is 11.6. The third kappa shape index (κ3) is 3.04. The molecule has 1 aliphatic carbocycles. The van der Waals surface area contributed by atoms with Crippen molar-refractivity contribution in [3.8, 4) is 0 Å². The maximum atomic E-state index is 13.7. The third-order valence-corrected chi connectivity index (χ3v) is 4.78. The van der Waals surface area contributed by atoms with Crippen LogP contribution in [0.5, 0.6) is 0 Å². The SMILES string of the molecule is O=C(NS(=O)(=O)c1cnccn1)[C@H]1C[C@H]1c1c(F)cccc1F. The molecule has 0 aliphatic heterocycles. The molecule has 2 aromatic rings. The average molecular weight is 339 g/mol. The quantitative estimate of drug-likeness (QED) is 0.909. The van der Waals surface area contributed by atoms with E-state index in [1.54, 1.807) is 0 Å². The number of carbonyl (C=O) groups is 1. The van der Waals surface area contributed by atoms with Crippen LogP contribution in [-0.2, 0) is 14.8 Å². The largest absolute Gasteiger partial charge is 0.283 e. The third-order valence-electron chi connectivity index (χ3n) is 3.55. The predicted octanol–water partition coefficient (Wildman–Crippen LogP) is 1.36. The molecule has 0 bridgehead atoms. The molecule has 23 heavy (non-hydrogen) atoms. The Labute approximate surface area is 130 Å². The fourth-order valence-electron chi connectivity index (χ4n) is 2.35. The number of nitrogens with zero attached hydrogens (tertiary/aromatic N) is 2. The highest BCUT2D eigenvalue weighted by Gasteiger charge is 2.47. The van der Waals surface area contributed by atoms with Gasteiger partial charge in [-0.25, -0.2) is 18.5 Å². The summed E-state index contributed by atoms with van der Waals surface area (Å²) < 4.78 is 53.1. The zero-order valence-corrected chi connectivity index (χ0v) is 12.4. The standard InChI is InChI=1S/C14H11F2N3O3S/c15-10-2-1-3-11(16)13(10)8-6-9(8)14(20)19-23(21,22)12-7-17-4-5-18-12/h1-5,7-9H,6H2,(H,19,20)/t8-,9+/m1/s1. The molecule has 0 spiro atoms. The number of rotatable bonds is 4. The molecule has 6 nitrogen and oxygen atoms in total. The van der Waals surface area contributed by atoms with E-state index < -0.39 is 44.4 Å². The summed E-state index contributed by atoms with van der Waals surface area (Å²) in [5, 5.41) is -0.400. The lowest BCUT2D eigenvalue weighted by molar-refractivity contribution is -0.120. The van der Waals surface area contributed by atoms with Crippen LogP contribution in [0.25, 0.3) is 0 Å². The number of amides is 1. The normalized spacial score (nSPS) is 20.1. The van der Waals surface area contributed by atoms with Gasteiger partial charge in [-0.05, 0) is 18.6 Å². The van der Waals surface area contributed by atoms with Crippen LogP contribution >= 0.6 is 0 Å². The number of sulfonamides is 1. The van der Waals surface area contributed by atoms with E-state index in [-0.39, 0.29) is 12.0 Å². The molecule has 120 valence electrons. The molecule has 1 heterocycles. The second-order valence-electron chi connectivity index (χ2n) is 5.10. The predicted molar refractivity (Wildman–Crippen MR) is 74.6 cm³/mol. The summed E-state index contributed by atoms with van der Waals surface area (Å²) in [6, 6.07) is 3.42. The molecule has 1 saturated carbocycles. The molecule has 0 saturated heterocycles. The number of carbonyl (C=O) groups excluding carboxylic acids is 1. The van der Waals surface area contributed by atoms with Crippen molar-refractivity contribution >= 4 is 15.9 Å². The summed E-state index contributed by atoms with van der Waals surface area (Å²) in [7, 11) is -4.15. The van der Waals surface area contributed by atoms with Crippen molar-refractivity contribution in [2.24, 2.45) is 5.92 Å². The van der Waals surface area contributed by atoms with Gasteiger partial charge < -0.3 is 0 Å². The molecule has 9 heteroatoms. The van der Waals surface area contributed by atoms with Crippen LogP contribution in [0.1, 0.15) is 17.9 Å². The van der Waals surface area contributed by atoms with Gasteiger partial charge in [-0.3, -0.25) is 9.78 Å². The molecule has 0 unspecified atom stereocenters. The van der Waals surface area contributed by atoms with E-state index in [1.807, 2.05) is 4.72 Å². The van der Waals surface area contributed by atoms with Gasteiger partial charge in [-0.1, -0.05) is 6.07 Å². The molecule has 1 fully saturated rings. The van der Waals surface area contributed by atoms with Crippen molar-refractivity contribution in [2.45, 2.75) is 17.4 Å². The minimum absolute atomic E-state index is 0.180. The van der Waals surface area contributed by atoms with Crippen molar-refractivity contribution in [1.29, 1.82) is 0 Å². The van der Waals surface area contributed by atoms with E-state index in [9.17, 15) is 22.0 Å². The van der Waals surface area contributed by atoms with E-state index in [4.69, 9.17) is 0 Å². The average Bonchev–Trinajstić information content (AvgIpc) is 3.28. The summed E-state index contributed by atoms with van der Waals surface area (Å²) in [6.45, 7) is 0. The first-order chi connectivity index (χ1) is 10.9. The first-order valence-electron chi connectivity index (χ1n) is 6.67. The first kappa shape index (κ1) is 15.5. The summed E-state index contributed by atoms with van der Waals surface area (Å²) >= 11 is 0. The van der Waals surface area contributed by atoms with E-state index in [2.05, 4.69) is 9.97 Å². The Kier molecular flexibility index (Phi) is 3.80. The number of hydrogen-bond donors (Lipinski definition) is 1. The highest BCUT2D eigenvalue weighted by molar-refractivity contribution is 7.90. The van der Waals surface area contributed by atoms with Crippen molar-refractivity contribution in [2.75, 3.05) is 0 Å². The lowest BCUT2D eigenvalue weighted by atomic mass is 10.1. The van der Waals surface area contributed by atoms with Gasteiger partial charge in [0.15, 0.2) is 5.03 Å². The Balaban J connectivity index is 1.74. The molecule has 2 atom stereocenters. The number of benzene rings is 1. The molecular formula is C14H11F2N3O3S. The van der Waals surface area contributed by atoms with Crippen molar-refractivity contribution in [3.05, 3.63) is 54.0 Å². The first-order valence-corrected chi connectivity index (χ1v) is 8.15. The number of halogens is 2. The molecule has 0 radical (unpaired) electrons. The van der Waals surface area contributed by atoms with Gasteiger partial charge in [-0.2, -0.15) is 8.42 Å². The maximum absolute atomic E-state index is 13.7. The fourth-order valence-corrected chi connectivity index (χ4v) is 3.27. The minimum Gasteiger partial charge on any atom is -0.274 e. The lowest BCUT2D eigenvalue weighted by Crippen LogP contribution is -2.32. The summed E-state index contributed by atoms with van der Waals surface area (Å²) in [6.07, 6.45) is 3.64. The second-order valence-corrected chi connectivity index (χ2v) is 6.73. The Morgan fingerprint density at radius 3 is 2.52 bits per heavy atom. The number of hydrogen-bond acceptors (Lipinski definition) is 5. The van der Waals surface area contributed by atoms with Crippen LogP contribution < -0.4 is 4.72 Å². The fraction of sp³-hybridized carbons (Fsp3) is 0.214. The highest BCUT2D eigenvalue weighted by Crippen LogP contribution is 2.49. The molecular weight excluding hydrogens is 328 g/mol. The van der Waals surface area contributed by atoms with Crippen molar-refractivity contribution in [3.63, 3.8) is 0 Å². The Morgan fingerprint density at radius 1 is 1.22 bits per heavy atom. The smallest absolute Gasteiger partial charge is 0.274 e. The summed E-state index contributed by atoms with van der Waals surface area (Å²) in [4.78, 5) is 19.2. The summed E-state index contributed by atoms with van der Waals surface area (Å²) in [5.41, 5.74) is -0.190. The van der Waals surface area contributed by atoms with Crippen LogP contribution in [0, 0.1) is 17.6 Å². The van der Waals surface area contributed by atoms with E-state index in [0.717, 1.165) is 18.3 Å². The monoisotopic (exact) mass is 339 g/mol. The highest BCUT2D eigenvalue weighted by atomic mass is 32.2. The van der Waals surface area contributed by atoms with Gasteiger partial charge in [0, 0.05) is 29.8 Å². The van der Waals surface area contributed by atoms with Crippen LogP contribution in [0.3, 0.4) is 0 Å². The molecule has 1 amide bonds. The van der Waals surface area contributed by atoms with E-state index in [0.29, 0.717) is 0 Å². The maximum Gasteiger partial charge on any atom is 0.283 e. The molecule has 1 N–H and O–H groups in total. The van der Waals surface area contributed by atoms with Gasteiger partial charge in [0.2, 0.25) is 5.91 Å². The molecule has 1 aromatic carbocycles. The Morgan fingerprint density at radius 2 is 1.91 bits per heavy atom. The van der Waals surface area contributed by atoms with Gasteiger partial charge in [-0.15, -0.1) is 0 Å². The summed E-state index contributed by atoms with van der Waals surface area (Å²) in [5.74, 6) is -3.78. The van der Waals surface area contributed by atoms with Crippen molar-refractivity contribution in [1.82, 2.24) is 14.7 Å². The van der Waals surface area contributed by atoms with Gasteiger partial charge in [0.05, 0.1) is 6.20 Å². The van der Waals surface area contributed by atoms with Crippen LogP contribution in [0.15, 0.2) is 41.8 Å². The van der Waals surface area contributed by atoms with Gasteiger partial charge in [0.1, 0.15) is 11.6 Å².